The van der Waals surface area contributed by atoms with Crippen molar-refractivity contribution in [3.05, 3.63) is 66.1 Å². The largest absolute Gasteiger partial charge is 0.493 e. The van der Waals surface area contributed by atoms with Crippen LogP contribution >= 0.6 is 0 Å². The number of nitrogens with zero attached hydrogens (tertiary/aromatic N) is 2. The van der Waals surface area contributed by atoms with Crippen molar-refractivity contribution in [1.82, 2.24) is 9.97 Å². The summed E-state index contributed by atoms with van der Waals surface area (Å²) in [6, 6.07) is 16.0. The Morgan fingerprint density at radius 1 is 1.03 bits per heavy atom. The maximum Gasteiger partial charge on any atom is 0.161 e. The van der Waals surface area contributed by atoms with Gasteiger partial charge in [-0.25, -0.2) is 0 Å². The van der Waals surface area contributed by atoms with E-state index in [4.69, 9.17) is 9.47 Å². The Balaban J connectivity index is 1.87. The van der Waals surface area contributed by atoms with Crippen molar-refractivity contribution in [1.29, 1.82) is 5.26 Å². The number of rotatable bonds is 5. The van der Waals surface area contributed by atoms with Gasteiger partial charge in [0.15, 0.2) is 11.5 Å². The van der Waals surface area contributed by atoms with Gasteiger partial charge in [0.2, 0.25) is 0 Å². The topological polar surface area (TPSA) is 83.0 Å². The average molecular weight is 384 g/mol. The number of hydrogen-bond donors (Lipinski definition) is 2. The van der Waals surface area contributed by atoms with Gasteiger partial charge in [0.25, 0.3) is 0 Å². The molecule has 144 valence electrons. The first-order valence-electron chi connectivity index (χ1n) is 9.11. The van der Waals surface area contributed by atoms with E-state index in [1.165, 1.54) is 0 Å². The first-order valence-corrected chi connectivity index (χ1v) is 9.11. The van der Waals surface area contributed by atoms with Gasteiger partial charge in [-0.2, -0.15) is 5.26 Å². The highest BCUT2D eigenvalue weighted by Crippen LogP contribution is 2.39. The zero-order valence-electron chi connectivity index (χ0n) is 16.4. The van der Waals surface area contributed by atoms with Crippen LogP contribution in [0.4, 0.5) is 11.4 Å². The number of aryl methyl sites for hydroxylation is 1. The second-order valence-corrected chi connectivity index (χ2v) is 6.59. The van der Waals surface area contributed by atoms with Crippen LogP contribution in [0.25, 0.3) is 22.0 Å². The maximum absolute atomic E-state index is 9.70. The number of benzene rings is 2. The van der Waals surface area contributed by atoms with Crippen molar-refractivity contribution >= 4 is 22.3 Å². The van der Waals surface area contributed by atoms with Crippen molar-refractivity contribution in [3.63, 3.8) is 0 Å². The molecule has 0 spiro atoms. The molecule has 0 aliphatic carbocycles. The van der Waals surface area contributed by atoms with Crippen molar-refractivity contribution in [2.24, 2.45) is 0 Å². The van der Waals surface area contributed by atoms with Gasteiger partial charge >= 0.3 is 0 Å². The smallest absolute Gasteiger partial charge is 0.161 e. The number of H-pyrrole nitrogens is 1. The third-order valence-electron chi connectivity index (χ3n) is 4.89. The first kappa shape index (κ1) is 18.4. The minimum Gasteiger partial charge on any atom is -0.493 e. The Bertz CT molecular complexity index is 1240. The summed E-state index contributed by atoms with van der Waals surface area (Å²) in [6.45, 7) is 1.92. The molecule has 0 saturated heterocycles. The van der Waals surface area contributed by atoms with Crippen LogP contribution in [0.3, 0.4) is 0 Å². The Morgan fingerprint density at radius 2 is 1.86 bits per heavy atom. The second-order valence-electron chi connectivity index (χ2n) is 6.59. The number of methoxy groups -OCH3 is 2. The molecule has 2 aromatic carbocycles. The maximum atomic E-state index is 9.70. The number of pyridine rings is 1. The van der Waals surface area contributed by atoms with Gasteiger partial charge in [-0.3, -0.25) is 4.98 Å². The van der Waals surface area contributed by atoms with Crippen LogP contribution < -0.4 is 14.8 Å². The predicted octanol–water partition coefficient (Wildman–Crippen LogP) is 5.17. The number of aromatic nitrogens is 2. The third-order valence-corrected chi connectivity index (χ3v) is 4.89. The molecule has 6 nitrogen and oxygen atoms in total. The van der Waals surface area contributed by atoms with Gasteiger partial charge in [0.1, 0.15) is 6.07 Å². The standard InChI is InChI=1S/C23H20N4O2/c1-14-22(16-5-7-20(28-2)21(10-16)29-3)23(17(12-24)13-26-14)27-18-6-4-15-8-9-25-19(15)11-18/h4-11,13,25H,1-3H3,(H,26,27). The number of aromatic amines is 1. The number of anilines is 2. The molecular weight excluding hydrogens is 364 g/mol. The third kappa shape index (κ3) is 3.34. The molecule has 6 heteroatoms. The summed E-state index contributed by atoms with van der Waals surface area (Å²) >= 11 is 0. The number of nitrogens with one attached hydrogen (secondary N) is 2. The van der Waals surface area contributed by atoms with E-state index in [-0.39, 0.29) is 0 Å². The summed E-state index contributed by atoms with van der Waals surface area (Å²) in [6.07, 6.45) is 3.50. The fourth-order valence-corrected chi connectivity index (χ4v) is 3.44. The normalized spacial score (nSPS) is 10.6. The molecule has 2 aromatic heterocycles. The van der Waals surface area contributed by atoms with Crippen molar-refractivity contribution in [2.45, 2.75) is 6.92 Å². The molecule has 0 bridgehead atoms. The van der Waals surface area contributed by atoms with E-state index in [1.807, 2.05) is 55.6 Å². The predicted molar refractivity (Wildman–Crippen MR) is 114 cm³/mol. The van der Waals surface area contributed by atoms with Gasteiger partial charge in [-0.05, 0) is 48.2 Å². The number of nitriles is 1. The molecule has 4 rings (SSSR count). The lowest BCUT2D eigenvalue weighted by atomic mass is 9.99. The monoisotopic (exact) mass is 384 g/mol. The number of hydrogen-bond acceptors (Lipinski definition) is 5. The molecule has 29 heavy (non-hydrogen) atoms. The Labute approximate surface area is 168 Å². The van der Waals surface area contributed by atoms with Crippen LogP contribution in [0.5, 0.6) is 11.5 Å². The van der Waals surface area contributed by atoms with E-state index < -0.39 is 0 Å². The molecule has 0 fully saturated rings. The van der Waals surface area contributed by atoms with E-state index in [0.717, 1.165) is 33.4 Å². The van der Waals surface area contributed by atoms with Crippen molar-refractivity contribution in [3.8, 4) is 28.7 Å². The van der Waals surface area contributed by atoms with E-state index >= 15 is 0 Å². The Morgan fingerprint density at radius 3 is 2.62 bits per heavy atom. The highest BCUT2D eigenvalue weighted by atomic mass is 16.5. The summed E-state index contributed by atoms with van der Waals surface area (Å²) in [7, 11) is 3.20. The lowest BCUT2D eigenvalue weighted by Gasteiger charge is -2.17. The zero-order chi connectivity index (χ0) is 20.4. The van der Waals surface area contributed by atoms with E-state index in [9.17, 15) is 5.26 Å². The second kappa shape index (κ2) is 7.56. The van der Waals surface area contributed by atoms with Gasteiger partial charge in [-0.1, -0.05) is 12.1 Å². The highest BCUT2D eigenvalue weighted by Gasteiger charge is 2.17. The summed E-state index contributed by atoms with van der Waals surface area (Å²) < 4.78 is 10.8. The van der Waals surface area contributed by atoms with E-state index in [0.29, 0.717) is 22.7 Å². The molecule has 0 aliphatic rings. The molecule has 0 saturated carbocycles. The van der Waals surface area contributed by atoms with Crippen LogP contribution in [-0.4, -0.2) is 24.2 Å². The fourth-order valence-electron chi connectivity index (χ4n) is 3.44. The summed E-state index contributed by atoms with van der Waals surface area (Å²) in [5, 5.41) is 14.3. The van der Waals surface area contributed by atoms with Crippen LogP contribution in [0, 0.1) is 18.3 Å². The van der Waals surface area contributed by atoms with Crippen molar-refractivity contribution in [2.75, 3.05) is 19.5 Å². The minimum atomic E-state index is 0.465. The molecule has 2 N–H and O–H groups in total. The molecule has 0 aliphatic heterocycles. The molecule has 2 heterocycles. The first-order chi connectivity index (χ1) is 14.1. The summed E-state index contributed by atoms with van der Waals surface area (Å²) in [5.41, 5.74) is 5.60. The van der Waals surface area contributed by atoms with Crippen LogP contribution in [0.1, 0.15) is 11.3 Å². The molecule has 0 radical (unpaired) electrons. The molecule has 0 amide bonds. The van der Waals surface area contributed by atoms with Gasteiger partial charge in [0, 0.05) is 34.9 Å². The molecule has 4 aromatic rings. The van der Waals surface area contributed by atoms with Gasteiger partial charge in [-0.15, -0.1) is 0 Å². The van der Waals surface area contributed by atoms with Crippen LogP contribution in [-0.2, 0) is 0 Å². The molecular formula is C23H20N4O2. The fraction of sp³-hybridized carbons (Fsp3) is 0.130. The average Bonchev–Trinajstić information content (AvgIpc) is 3.21. The Kier molecular flexibility index (Phi) is 4.80. The summed E-state index contributed by atoms with van der Waals surface area (Å²) in [4.78, 5) is 7.64. The summed E-state index contributed by atoms with van der Waals surface area (Å²) in [5.74, 6) is 1.26. The van der Waals surface area contributed by atoms with Crippen LogP contribution in [0.15, 0.2) is 54.9 Å². The van der Waals surface area contributed by atoms with Crippen LogP contribution in [0.2, 0.25) is 0 Å². The quantitative estimate of drug-likeness (QED) is 0.496. The molecule has 0 atom stereocenters. The van der Waals surface area contributed by atoms with E-state index in [2.05, 4.69) is 21.4 Å². The Hall–Kier alpha value is -3.98. The van der Waals surface area contributed by atoms with Gasteiger partial charge in [0.05, 0.1) is 25.5 Å². The minimum absolute atomic E-state index is 0.465. The highest BCUT2D eigenvalue weighted by molar-refractivity contribution is 5.89. The SMILES string of the molecule is COc1ccc(-c2c(C)ncc(C#N)c2Nc2ccc3cc[nH]c3c2)cc1OC. The number of ether oxygens (including phenoxy) is 2. The zero-order valence-corrected chi connectivity index (χ0v) is 16.4. The number of fused-ring (bicyclic) bond motifs is 1. The van der Waals surface area contributed by atoms with E-state index in [1.54, 1.807) is 20.4 Å². The lowest BCUT2D eigenvalue weighted by Crippen LogP contribution is -2.01. The van der Waals surface area contributed by atoms with Crippen molar-refractivity contribution < 1.29 is 9.47 Å². The van der Waals surface area contributed by atoms with Gasteiger partial charge < -0.3 is 19.8 Å². The molecule has 0 unspecified atom stereocenters. The lowest BCUT2D eigenvalue weighted by molar-refractivity contribution is 0.355.